The number of anilines is 6. The average molecular weight is 929 g/mol. The molecule has 0 radical (unpaired) electrons. The van der Waals surface area contributed by atoms with Gasteiger partial charge in [-0.25, -0.2) is 43.9 Å². The Morgan fingerprint density at radius 3 is 0.866 bits per heavy atom. The highest BCUT2D eigenvalue weighted by molar-refractivity contribution is 7.22. The molecule has 3 aliphatic heterocycles. The standard InChI is InChI=1S/C54H34F10N2Si/c1-53(2)31-13-5-9-17-35(31)65(36-18-10-6-14-32(36)53)27-21-23-39-29(25-27)30-26-28(66-37-19-11-7-15-33(37)54(3,4)34-16-8-12-20-38(34)66)22-24-40(30)67(39,51-47(61)43(57)41(55)44(58)48(51)62)52-49(63)45(59)42(56)46(60)50(52)64/h5-26H,1-4H3. The Bertz CT molecular complexity index is 3090. The van der Waals surface area contributed by atoms with E-state index in [0.29, 0.717) is 11.4 Å². The third-order valence-corrected chi connectivity index (χ3v) is 18.9. The molecule has 0 N–H and O–H groups in total. The van der Waals surface area contributed by atoms with Crippen LogP contribution in [0.5, 0.6) is 0 Å². The quantitative estimate of drug-likeness (QED) is 0.0751. The molecule has 11 rings (SSSR count). The predicted octanol–water partition coefficient (Wildman–Crippen LogP) is 12.7. The van der Waals surface area contributed by atoms with E-state index in [1.807, 2.05) is 107 Å². The van der Waals surface area contributed by atoms with Crippen LogP contribution >= 0.6 is 0 Å². The van der Waals surface area contributed by atoms with Crippen molar-refractivity contribution in [2.24, 2.45) is 0 Å². The van der Waals surface area contributed by atoms with Gasteiger partial charge >= 0.3 is 0 Å². The van der Waals surface area contributed by atoms with E-state index in [1.54, 1.807) is 12.1 Å². The molecular formula is C54H34F10N2Si. The Kier molecular flexibility index (Phi) is 9.16. The van der Waals surface area contributed by atoms with Gasteiger partial charge in [0.15, 0.2) is 54.6 Å². The van der Waals surface area contributed by atoms with E-state index in [9.17, 15) is 8.78 Å². The lowest BCUT2D eigenvalue weighted by Gasteiger charge is -2.42. The number of benzene rings is 8. The van der Waals surface area contributed by atoms with E-state index in [4.69, 9.17) is 0 Å². The van der Waals surface area contributed by atoms with Crippen molar-refractivity contribution < 1.29 is 43.9 Å². The smallest absolute Gasteiger partial charge is 0.200 e. The zero-order valence-electron chi connectivity index (χ0n) is 35.9. The summed E-state index contributed by atoms with van der Waals surface area (Å²) in [6.45, 7) is 8.26. The van der Waals surface area contributed by atoms with E-state index in [-0.39, 0.29) is 21.5 Å². The maximum Gasteiger partial charge on any atom is 0.200 e. The second-order valence-corrected chi connectivity index (χ2v) is 21.7. The number of nitrogens with zero attached hydrogens (tertiary/aromatic N) is 2. The number of para-hydroxylation sites is 4. The normalized spacial score (nSPS) is 15.6. The molecule has 13 heteroatoms. The molecule has 8 aromatic rings. The van der Waals surface area contributed by atoms with Gasteiger partial charge in [-0.2, -0.15) is 0 Å². The van der Waals surface area contributed by atoms with Gasteiger partial charge in [0.25, 0.3) is 0 Å². The molecule has 0 fully saturated rings. The highest BCUT2D eigenvalue weighted by atomic mass is 28.3. The van der Waals surface area contributed by atoms with E-state index < -0.39 is 87.4 Å². The van der Waals surface area contributed by atoms with Crippen molar-refractivity contribution >= 4 is 62.9 Å². The lowest BCUT2D eigenvalue weighted by atomic mass is 9.73. The third kappa shape index (κ3) is 5.45. The first-order chi connectivity index (χ1) is 31.9. The monoisotopic (exact) mass is 928 g/mol. The molecule has 0 bridgehead atoms. The van der Waals surface area contributed by atoms with Crippen molar-refractivity contribution in [1.29, 1.82) is 0 Å². The molecular weight excluding hydrogens is 895 g/mol. The van der Waals surface area contributed by atoms with Crippen LogP contribution in [0.25, 0.3) is 11.1 Å². The van der Waals surface area contributed by atoms with Gasteiger partial charge < -0.3 is 9.80 Å². The topological polar surface area (TPSA) is 6.48 Å². The van der Waals surface area contributed by atoms with Crippen LogP contribution in [0.2, 0.25) is 0 Å². The SMILES string of the molecule is CC1(C)c2ccccc2N(c2ccc3c(c2)-c2cc(N4c5ccccc5C(C)(C)c5ccccc54)ccc2[Si]3(c2c(F)c(F)c(F)c(F)c2F)c2c(F)c(F)c(F)c(F)c2F)c2ccccc21. The first kappa shape index (κ1) is 42.5. The van der Waals surface area contributed by atoms with Crippen molar-refractivity contribution in [2.75, 3.05) is 9.80 Å². The van der Waals surface area contributed by atoms with Gasteiger partial charge in [-0.1, -0.05) is 113 Å². The minimum Gasteiger partial charge on any atom is -0.310 e. The molecule has 0 amide bonds. The molecule has 0 aliphatic carbocycles. The molecule has 0 spiro atoms. The summed E-state index contributed by atoms with van der Waals surface area (Å²) in [5.74, 6) is -24.9. The lowest BCUT2D eigenvalue weighted by molar-refractivity contribution is 0.382. The second kappa shape index (κ2) is 14.4. The van der Waals surface area contributed by atoms with Crippen LogP contribution in [0.15, 0.2) is 133 Å². The third-order valence-electron chi connectivity index (χ3n) is 14.1. The van der Waals surface area contributed by atoms with Gasteiger partial charge in [-0.15, -0.1) is 0 Å². The zero-order chi connectivity index (χ0) is 47.2. The summed E-state index contributed by atoms with van der Waals surface area (Å²) in [4.78, 5) is 3.83. The number of rotatable bonds is 4. The van der Waals surface area contributed by atoms with Crippen LogP contribution in [-0.4, -0.2) is 8.07 Å². The molecule has 0 saturated heterocycles. The first-order valence-corrected chi connectivity index (χ1v) is 23.3. The van der Waals surface area contributed by atoms with Gasteiger partial charge in [-0.3, -0.25) is 0 Å². The maximum absolute atomic E-state index is 16.9. The summed E-state index contributed by atoms with van der Waals surface area (Å²) < 4.78 is 160. The van der Waals surface area contributed by atoms with E-state index in [0.717, 1.165) is 45.0 Å². The number of halogens is 10. The number of hydrogen-bond acceptors (Lipinski definition) is 2. The summed E-state index contributed by atoms with van der Waals surface area (Å²) in [5, 5.41) is -4.15. The van der Waals surface area contributed by atoms with Crippen LogP contribution in [0.1, 0.15) is 49.9 Å². The maximum atomic E-state index is 16.9. The van der Waals surface area contributed by atoms with Crippen LogP contribution in [-0.2, 0) is 10.8 Å². The van der Waals surface area contributed by atoms with E-state index in [2.05, 4.69) is 27.7 Å². The van der Waals surface area contributed by atoms with Crippen LogP contribution in [0, 0.1) is 58.2 Å². The largest absolute Gasteiger partial charge is 0.310 e. The molecule has 3 heterocycles. The van der Waals surface area contributed by atoms with Gasteiger partial charge in [0.1, 0.15) is 0 Å². The van der Waals surface area contributed by atoms with Gasteiger partial charge in [0, 0.05) is 32.6 Å². The summed E-state index contributed by atoms with van der Waals surface area (Å²) in [7, 11) is -5.88. The van der Waals surface area contributed by atoms with E-state index in [1.165, 1.54) is 24.3 Å². The van der Waals surface area contributed by atoms with E-state index >= 15 is 35.1 Å². The summed E-state index contributed by atoms with van der Waals surface area (Å²) >= 11 is 0. The first-order valence-electron chi connectivity index (χ1n) is 21.3. The fourth-order valence-electron chi connectivity index (χ4n) is 11.0. The van der Waals surface area contributed by atoms with Crippen molar-refractivity contribution in [2.45, 2.75) is 38.5 Å². The summed E-state index contributed by atoms with van der Waals surface area (Å²) in [6.07, 6.45) is 0. The van der Waals surface area contributed by atoms with Crippen LogP contribution in [0.3, 0.4) is 0 Å². The fraction of sp³-hybridized carbons (Fsp3) is 0.111. The highest BCUT2D eigenvalue weighted by Crippen LogP contribution is 2.54. The minimum absolute atomic E-state index is 0.00704. The van der Waals surface area contributed by atoms with Gasteiger partial charge in [-0.05, 0) is 92.3 Å². The van der Waals surface area contributed by atoms with Crippen molar-refractivity contribution in [3.05, 3.63) is 214 Å². The molecule has 334 valence electrons. The molecule has 0 atom stereocenters. The molecule has 0 aromatic heterocycles. The van der Waals surface area contributed by atoms with Gasteiger partial charge in [0.2, 0.25) is 11.6 Å². The Labute approximate surface area is 379 Å². The molecule has 8 aromatic carbocycles. The van der Waals surface area contributed by atoms with Gasteiger partial charge in [0.05, 0.1) is 22.7 Å². The Hall–Kier alpha value is -7.12. The average Bonchev–Trinajstić information content (AvgIpc) is 3.60. The molecule has 3 aliphatic rings. The van der Waals surface area contributed by atoms with Crippen molar-refractivity contribution in [3.63, 3.8) is 0 Å². The predicted molar refractivity (Wildman–Crippen MR) is 242 cm³/mol. The number of hydrogen-bond donors (Lipinski definition) is 0. The fourth-order valence-corrected chi connectivity index (χ4v) is 16.3. The Balaban J connectivity index is 1.30. The van der Waals surface area contributed by atoms with Crippen molar-refractivity contribution in [3.8, 4) is 11.1 Å². The minimum atomic E-state index is -5.88. The summed E-state index contributed by atoms with van der Waals surface area (Å²) in [5.41, 5.74) is 6.34. The number of fused-ring (bicyclic) bond motifs is 7. The van der Waals surface area contributed by atoms with Crippen molar-refractivity contribution in [1.82, 2.24) is 0 Å². The molecule has 2 nitrogen and oxygen atoms in total. The second-order valence-electron chi connectivity index (χ2n) is 18.1. The summed E-state index contributed by atoms with van der Waals surface area (Å²) in [6, 6.07) is 38.9. The molecule has 0 saturated carbocycles. The highest BCUT2D eigenvalue weighted by Gasteiger charge is 2.58. The Morgan fingerprint density at radius 2 is 0.582 bits per heavy atom. The Morgan fingerprint density at radius 1 is 0.328 bits per heavy atom. The van der Waals surface area contributed by atoms with Crippen LogP contribution in [0.4, 0.5) is 78.0 Å². The molecule has 67 heavy (non-hydrogen) atoms. The molecule has 0 unspecified atom stereocenters. The van der Waals surface area contributed by atoms with Crippen LogP contribution < -0.4 is 30.5 Å². The lowest BCUT2D eigenvalue weighted by Crippen LogP contribution is -2.76. The zero-order valence-corrected chi connectivity index (χ0v) is 36.9.